The Labute approximate surface area is 213 Å². The number of halogens is 2. The molecule has 4 aromatic rings. The minimum absolute atomic E-state index is 0.0249. The summed E-state index contributed by atoms with van der Waals surface area (Å²) < 4.78 is 19.1. The molecule has 0 aliphatic carbocycles. The number of aliphatic imine (C=N–C) groups is 1. The van der Waals surface area contributed by atoms with Crippen LogP contribution in [0.2, 0.25) is 5.02 Å². The predicted molar refractivity (Wildman–Crippen MR) is 135 cm³/mol. The van der Waals surface area contributed by atoms with Crippen LogP contribution in [0, 0.1) is 5.82 Å². The molecule has 3 heterocycles. The van der Waals surface area contributed by atoms with E-state index in [4.69, 9.17) is 16.0 Å². The van der Waals surface area contributed by atoms with Gasteiger partial charge in [-0.15, -0.1) is 0 Å². The molecule has 4 N–H and O–H groups in total. The van der Waals surface area contributed by atoms with Crippen molar-refractivity contribution in [3.63, 3.8) is 0 Å². The fourth-order valence-corrected chi connectivity index (χ4v) is 4.06. The summed E-state index contributed by atoms with van der Waals surface area (Å²) in [6.45, 7) is 1.68. The zero-order chi connectivity index (χ0) is 26.1. The highest BCUT2D eigenvalue weighted by Gasteiger charge is 2.31. The molecular weight excluding hydrogens is 503 g/mol. The zero-order valence-electron chi connectivity index (χ0n) is 19.1. The van der Waals surface area contributed by atoms with Crippen molar-refractivity contribution in [1.29, 1.82) is 0 Å². The third kappa shape index (κ3) is 4.98. The molecule has 1 aliphatic rings. The summed E-state index contributed by atoms with van der Waals surface area (Å²) in [5.74, 6) is -1.87. The smallest absolute Gasteiger partial charge is 0.335 e. The van der Waals surface area contributed by atoms with Crippen LogP contribution in [-0.2, 0) is 4.79 Å². The van der Waals surface area contributed by atoms with Crippen LogP contribution in [0.5, 0.6) is 0 Å². The number of guanidine groups is 1. The number of carboxylic acids is 1. The number of pyridine rings is 1. The third-order valence-electron chi connectivity index (χ3n) is 5.51. The molecule has 1 amide bonds. The van der Waals surface area contributed by atoms with E-state index in [2.05, 4.69) is 30.9 Å². The van der Waals surface area contributed by atoms with Gasteiger partial charge in [0.05, 0.1) is 11.1 Å². The number of nitrogens with zero attached hydrogens (tertiary/aromatic N) is 3. The highest BCUT2D eigenvalue weighted by molar-refractivity contribution is 6.31. The summed E-state index contributed by atoms with van der Waals surface area (Å²) in [6, 6.07) is 12.7. The number of rotatable bonds is 5. The van der Waals surface area contributed by atoms with Crippen LogP contribution in [0.1, 0.15) is 28.9 Å². The van der Waals surface area contributed by atoms with Crippen molar-refractivity contribution in [2.75, 3.05) is 10.6 Å². The van der Waals surface area contributed by atoms with Gasteiger partial charge in [0, 0.05) is 28.5 Å². The summed E-state index contributed by atoms with van der Waals surface area (Å²) in [5.41, 5.74) is 1.91. The van der Waals surface area contributed by atoms with E-state index in [1.54, 1.807) is 31.2 Å². The van der Waals surface area contributed by atoms with Gasteiger partial charge in [0.25, 0.3) is 5.91 Å². The second kappa shape index (κ2) is 9.70. The monoisotopic (exact) mass is 520 g/mol. The molecule has 0 fully saturated rings. The number of hydrogen-bond donors (Lipinski definition) is 4. The van der Waals surface area contributed by atoms with Crippen molar-refractivity contribution in [1.82, 2.24) is 15.3 Å². The Bertz CT molecular complexity index is 1620. The molecule has 5 rings (SSSR count). The number of oxazole rings is 1. The Hall–Kier alpha value is -4.77. The molecule has 37 heavy (non-hydrogen) atoms. The first kappa shape index (κ1) is 23.9. The number of carboxylic acid groups (broad SMARTS) is 1. The third-order valence-corrected chi connectivity index (χ3v) is 5.85. The number of allylic oxidation sites excluding steroid dienone is 1. The van der Waals surface area contributed by atoms with E-state index in [1.165, 1.54) is 36.5 Å². The van der Waals surface area contributed by atoms with Crippen LogP contribution < -0.4 is 16.0 Å². The SMILES string of the molecule is CC1=C(C(=O)Nc2cc(C(=O)O)ccn2)[C@@H](c2ccccc2Cl)N=C(Nc2nc3ccc(F)cc3o2)N1. The maximum Gasteiger partial charge on any atom is 0.335 e. The molecule has 0 saturated heterocycles. The topological polar surface area (TPSA) is 142 Å². The van der Waals surface area contributed by atoms with E-state index >= 15 is 0 Å². The number of amides is 1. The Kier molecular flexibility index (Phi) is 6.28. The molecule has 0 unspecified atom stereocenters. The molecule has 0 radical (unpaired) electrons. The van der Waals surface area contributed by atoms with E-state index in [-0.39, 0.29) is 34.5 Å². The lowest BCUT2D eigenvalue weighted by molar-refractivity contribution is -0.113. The molecule has 1 atom stereocenters. The summed E-state index contributed by atoms with van der Waals surface area (Å²) in [7, 11) is 0. The first-order chi connectivity index (χ1) is 17.8. The molecule has 0 saturated carbocycles. The predicted octanol–water partition coefficient (Wildman–Crippen LogP) is 4.74. The Balaban J connectivity index is 1.48. The van der Waals surface area contributed by atoms with E-state index in [0.29, 0.717) is 21.8 Å². The number of aromatic nitrogens is 2. The van der Waals surface area contributed by atoms with Crippen LogP contribution in [0.4, 0.5) is 16.2 Å². The number of aromatic carboxylic acids is 1. The number of hydrogen-bond acceptors (Lipinski definition) is 8. The van der Waals surface area contributed by atoms with Crippen LogP contribution in [0.15, 0.2) is 81.5 Å². The van der Waals surface area contributed by atoms with Gasteiger partial charge in [0.15, 0.2) is 5.58 Å². The highest BCUT2D eigenvalue weighted by atomic mass is 35.5. The van der Waals surface area contributed by atoms with Crippen molar-refractivity contribution < 1.29 is 23.5 Å². The van der Waals surface area contributed by atoms with Crippen molar-refractivity contribution in [2.45, 2.75) is 13.0 Å². The summed E-state index contributed by atoms with van der Waals surface area (Å²) in [5, 5.41) is 18.2. The fourth-order valence-electron chi connectivity index (χ4n) is 3.82. The first-order valence-corrected chi connectivity index (χ1v) is 11.3. The molecule has 0 spiro atoms. The average molecular weight is 521 g/mol. The molecule has 2 aromatic carbocycles. The number of nitrogens with one attached hydrogen (secondary N) is 3. The molecule has 12 heteroatoms. The van der Waals surface area contributed by atoms with Crippen molar-refractivity contribution in [3.05, 3.63) is 94.0 Å². The molecule has 0 bridgehead atoms. The van der Waals surface area contributed by atoms with Crippen LogP contribution >= 0.6 is 11.6 Å². The lowest BCUT2D eigenvalue weighted by Gasteiger charge is -2.26. The second-order valence-corrected chi connectivity index (χ2v) is 8.42. The minimum Gasteiger partial charge on any atom is -0.478 e. The van der Waals surface area contributed by atoms with E-state index in [0.717, 1.165) is 0 Å². The van der Waals surface area contributed by atoms with Crippen LogP contribution in [0.3, 0.4) is 0 Å². The number of carbonyl (C=O) groups excluding carboxylic acids is 1. The summed E-state index contributed by atoms with van der Waals surface area (Å²) in [6.07, 6.45) is 1.29. The number of fused-ring (bicyclic) bond motifs is 1. The maximum absolute atomic E-state index is 13.5. The Morgan fingerprint density at radius 3 is 2.76 bits per heavy atom. The van der Waals surface area contributed by atoms with Gasteiger partial charge < -0.3 is 20.2 Å². The van der Waals surface area contributed by atoms with E-state index in [9.17, 15) is 19.1 Å². The van der Waals surface area contributed by atoms with E-state index in [1.807, 2.05) is 0 Å². The van der Waals surface area contributed by atoms with Gasteiger partial charge >= 0.3 is 12.0 Å². The quantitative estimate of drug-likeness (QED) is 0.295. The van der Waals surface area contributed by atoms with Crippen LogP contribution in [0.25, 0.3) is 11.1 Å². The van der Waals surface area contributed by atoms with Gasteiger partial charge in [0.1, 0.15) is 23.2 Å². The average Bonchev–Trinajstić information content (AvgIpc) is 3.25. The number of anilines is 2. The largest absolute Gasteiger partial charge is 0.478 e. The maximum atomic E-state index is 13.5. The number of carbonyl (C=O) groups is 2. The molecular formula is C25H18ClFN6O4. The zero-order valence-corrected chi connectivity index (χ0v) is 19.9. The standard InChI is InChI=1S/C25H18ClFN6O4/c1-12-20(22(34)31-19-10-13(23(35)36)8-9-28-19)21(15-4-2-3-5-16(15)26)32-24(29-12)33-25-30-17-7-6-14(27)11-18(17)37-25/h2-11,21H,1H3,(H,35,36)(H,28,31,34)(H2,29,30,32,33)/t21-/m1/s1. The summed E-state index contributed by atoms with van der Waals surface area (Å²) in [4.78, 5) is 37.6. The van der Waals surface area contributed by atoms with Crippen molar-refractivity contribution in [3.8, 4) is 0 Å². The Morgan fingerprint density at radius 2 is 1.97 bits per heavy atom. The van der Waals surface area contributed by atoms with Crippen molar-refractivity contribution >= 4 is 52.4 Å². The summed E-state index contributed by atoms with van der Waals surface area (Å²) >= 11 is 6.46. The van der Waals surface area contributed by atoms with Gasteiger partial charge in [-0.3, -0.25) is 10.1 Å². The van der Waals surface area contributed by atoms with Gasteiger partial charge in [0.2, 0.25) is 5.96 Å². The Morgan fingerprint density at radius 1 is 1.16 bits per heavy atom. The van der Waals surface area contributed by atoms with Gasteiger partial charge in [-0.1, -0.05) is 29.8 Å². The van der Waals surface area contributed by atoms with Gasteiger partial charge in [-0.2, -0.15) is 4.98 Å². The minimum atomic E-state index is -1.15. The molecule has 2 aromatic heterocycles. The lowest BCUT2D eigenvalue weighted by Crippen LogP contribution is -2.37. The van der Waals surface area contributed by atoms with E-state index < -0.39 is 23.7 Å². The van der Waals surface area contributed by atoms with Crippen LogP contribution in [-0.4, -0.2) is 32.9 Å². The highest BCUT2D eigenvalue weighted by Crippen LogP contribution is 2.35. The first-order valence-electron chi connectivity index (χ1n) is 10.9. The molecule has 1 aliphatic heterocycles. The van der Waals surface area contributed by atoms with Gasteiger partial charge in [-0.05, 0) is 37.3 Å². The fraction of sp³-hybridized carbons (Fsp3) is 0.0800. The second-order valence-electron chi connectivity index (χ2n) is 8.01. The lowest BCUT2D eigenvalue weighted by atomic mass is 9.95. The normalized spacial score (nSPS) is 15.2. The molecule has 186 valence electrons. The van der Waals surface area contributed by atoms with Gasteiger partial charge in [-0.25, -0.2) is 19.2 Å². The van der Waals surface area contributed by atoms with Crippen molar-refractivity contribution in [2.24, 2.45) is 4.99 Å². The number of benzene rings is 2. The molecule has 10 nitrogen and oxygen atoms in total.